The molecular weight excluding hydrogens is 326 g/mol. The normalized spacial score (nSPS) is 23.4. The van der Waals surface area contributed by atoms with E-state index in [2.05, 4.69) is 28.1 Å². The van der Waals surface area contributed by atoms with E-state index in [1.807, 2.05) is 18.2 Å². The van der Waals surface area contributed by atoms with Gasteiger partial charge in [-0.3, -0.25) is 4.79 Å². The van der Waals surface area contributed by atoms with Gasteiger partial charge in [0.25, 0.3) is 0 Å². The summed E-state index contributed by atoms with van der Waals surface area (Å²) in [4.78, 5) is 24.7. The van der Waals surface area contributed by atoms with Gasteiger partial charge in [0.2, 0.25) is 5.91 Å². The molecule has 2 saturated carbocycles. The second-order valence-corrected chi connectivity index (χ2v) is 7.62. The van der Waals surface area contributed by atoms with Crippen LogP contribution in [0.3, 0.4) is 0 Å². The van der Waals surface area contributed by atoms with E-state index in [9.17, 15) is 9.59 Å². The van der Waals surface area contributed by atoms with E-state index in [-0.39, 0.29) is 29.9 Å². The lowest BCUT2D eigenvalue weighted by atomic mass is 9.89. The summed E-state index contributed by atoms with van der Waals surface area (Å²) in [6.07, 6.45) is 9.26. The Balaban J connectivity index is 1.43. The summed E-state index contributed by atoms with van der Waals surface area (Å²) < 4.78 is 0. The first-order chi connectivity index (χ1) is 12.7. The highest BCUT2D eigenvalue weighted by Crippen LogP contribution is 2.26. The molecule has 2 atom stereocenters. The average Bonchev–Trinajstić information content (AvgIpc) is 3.19. The van der Waals surface area contributed by atoms with Crippen molar-refractivity contribution in [3.8, 4) is 0 Å². The van der Waals surface area contributed by atoms with Crippen LogP contribution in [0.4, 0.5) is 4.79 Å². The van der Waals surface area contributed by atoms with Gasteiger partial charge in [0.1, 0.15) is 0 Å². The first kappa shape index (κ1) is 18.7. The molecule has 2 aliphatic carbocycles. The SMILES string of the molecule is O=C(NCCc1ccccc1)NC1CCCCC1NC(=O)C1CCCC1. The van der Waals surface area contributed by atoms with E-state index in [4.69, 9.17) is 0 Å². The summed E-state index contributed by atoms with van der Waals surface area (Å²) in [6, 6.07) is 10.1. The lowest BCUT2D eigenvalue weighted by Gasteiger charge is -2.33. The van der Waals surface area contributed by atoms with Gasteiger partial charge in [-0.15, -0.1) is 0 Å². The van der Waals surface area contributed by atoms with Crippen LogP contribution in [-0.4, -0.2) is 30.6 Å². The number of hydrogen-bond donors (Lipinski definition) is 3. The first-order valence-corrected chi connectivity index (χ1v) is 10.1. The molecule has 2 fully saturated rings. The van der Waals surface area contributed by atoms with Crippen LogP contribution >= 0.6 is 0 Å². The van der Waals surface area contributed by atoms with E-state index in [0.29, 0.717) is 6.54 Å². The number of carbonyl (C=O) groups is 2. The van der Waals surface area contributed by atoms with Gasteiger partial charge in [0.15, 0.2) is 0 Å². The second kappa shape index (κ2) is 9.60. The topological polar surface area (TPSA) is 70.2 Å². The summed E-state index contributed by atoms with van der Waals surface area (Å²) in [6.45, 7) is 0.613. The third kappa shape index (κ3) is 5.48. The molecule has 0 radical (unpaired) electrons. The molecular formula is C21H31N3O2. The Morgan fingerprint density at radius 1 is 0.846 bits per heavy atom. The smallest absolute Gasteiger partial charge is 0.315 e. The molecule has 142 valence electrons. The van der Waals surface area contributed by atoms with Crippen molar-refractivity contribution in [3.63, 3.8) is 0 Å². The van der Waals surface area contributed by atoms with Gasteiger partial charge in [0, 0.05) is 18.5 Å². The fraction of sp³-hybridized carbons (Fsp3) is 0.619. The molecule has 2 unspecified atom stereocenters. The van der Waals surface area contributed by atoms with E-state index in [0.717, 1.165) is 57.8 Å². The van der Waals surface area contributed by atoms with Crippen LogP contribution in [0.25, 0.3) is 0 Å². The molecule has 0 aliphatic heterocycles. The Kier molecular flexibility index (Phi) is 6.92. The van der Waals surface area contributed by atoms with Gasteiger partial charge in [-0.05, 0) is 37.7 Å². The van der Waals surface area contributed by atoms with Crippen LogP contribution in [0.2, 0.25) is 0 Å². The number of amides is 3. The predicted octanol–water partition coefficient (Wildman–Crippen LogP) is 3.15. The third-order valence-corrected chi connectivity index (χ3v) is 5.68. The van der Waals surface area contributed by atoms with Crippen molar-refractivity contribution in [2.75, 3.05) is 6.54 Å². The molecule has 0 spiro atoms. The molecule has 5 nitrogen and oxygen atoms in total. The molecule has 3 N–H and O–H groups in total. The van der Waals surface area contributed by atoms with E-state index < -0.39 is 0 Å². The Hall–Kier alpha value is -2.04. The quantitative estimate of drug-likeness (QED) is 0.732. The van der Waals surface area contributed by atoms with Gasteiger partial charge >= 0.3 is 6.03 Å². The zero-order valence-electron chi connectivity index (χ0n) is 15.5. The van der Waals surface area contributed by atoms with E-state index in [1.165, 1.54) is 5.56 Å². The minimum atomic E-state index is -0.132. The van der Waals surface area contributed by atoms with Crippen LogP contribution < -0.4 is 16.0 Å². The largest absolute Gasteiger partial charge is 0.351 e. The van der Waals surface area contributed by atoms with Gasteiger partial charge in [-0.2, -0.15) is 0 Å². The second-order valence-electron chi connectivity index (χ2n) is 7.62. The Morgan fingerprint density at radius 2 is 1.46 bits per heavy atom. The van der Waals surface area contributed by atoms with Gasteiger partial charge in [-0.25, -0.2) is 4.79 Å². The zero-order valence-corrected chi connectivity index (χ0v) is 15.5. The standard InChI is InChI=1S/C21H31N3O2/c25-20(17-10-4-5-11-17)23-18-12-6-7-13-19(18)24-21(26)22-15-14-16-8-2-1-3-9-16/h1-3,8-9,17-19H,4-7,10-15H2,(H,23,25)(H2,22,24,26). The van der Waals surface area contributed by atoms with Crippen molar-refractivity contribution >= 4 is 11.9 Å². The minimum absolute atomic E-state index is 0.0332. The van der Waals surface area contributed by atoms with Crippen molar-refractivity contribution in [1.82, 2.24) is 16.0 Å². The summed E-state index contributed by atoms with van der Waals surface area (Å²) in [5.41, 5.74) is 1.21. The van der Waals surface area contributed by atoms with Crippen molar-refractivity contribution in [2.24, 2.45) is 5.92 Å². The molecule has 2 aliphatic rings. The number of nitrogens with one attached hydrogen (secondary N) is 3. The Labute approximate surface area is 156 Å². The molecule has 3 rings (SSSR count). The number of benzene rings is 1. The molecule has 0 saturated heterocycles. The maximum absolute atomic E-state index is 12.4. The predicted molar refractivity (Wildman–Crippen MR) is 103 cm³/mol. The highest BCUT2D eigenvalue weighted by Gasteiger charge is 2.30. The number of rotatable bonds is 6. The average molecular weight is 357 g/mol. The molecule has 0 aromatic heterocycles. The van der Waals surface area contributed by atoms with Crippen LogP contribution in [0, 0.1) is 5.92 Å². The maximum atomic E-state index is 12.4. The van der Waals surface area contributed by atoms with Gasteiger partial charge in [-0.1, -0.05) is 56.0 Å². The minimum Gasteiger partial charge on any atom is -0.351 e. The van der Waals surface area contributed by atoms with Crippen molar-refractivity contribution in [2.45, 2.75) is 69.9 Å². The highest BCUT2D eigenvalue weighted by molar-refractivity contribution is 5.79. The number of carbonyl (C=O) groups excluding carboxylic acids is 2. The van der Waals surface area contributed by atoms with E-state index in [1.54, 1.807) is 0 Å². The zero-order chi connectivity index (χ0) is 18.2. The van der Waals surface area contributed by atoms with Crippen LogP contribution in [0.5, 0.6) is 0 Å². The Morgan fingerprint density at radius 3 is 2.15 bits per heavy atom. The van der Waals surface area contributed by atoms with Gasteiger partial charge < -0.3 is 16.0 Å². The summed E-state index contributed by atoms with van der Waals surface area (Å²) >= 11 is 0. The van der Waals surface area contributed by atoms with Crippen LogP contribution in [0.1, 0.15) is 56.9 Å². The highest BCUT2D eigenvalue weighted by atomic mass is 16.2. The summed E-state index contributed by atoms with van der Waals surface area (Å²) in [5, 5.41) is 9.25. The van der Waals surface area contributed by atoms with Gasteiger partial charge in [0.05, 0.1) is 6.04 Å². The Bertz CT molecular complexity index is 584. The number of hydrogen-bond acceptors (Lipinski definition) is 2. The van der Waals surface area contributed by atoms with Crippen LogP contribution in [0.15, 0.2) is 30.3 Å². The van der Waals surface area contributed by atoms with Crippen molar-refractivity contribution in [1.29, 1.82) is 0 Å². The molecule has 0 heterocycles. The summed E-state index contributed by atoms with van der Waals surface area (Å²) in [5.74, 6) is 0.364. The lowest BCUT2D eigenvalue weighted by molar-refractivity contribution is -0.125. The van der Waals surface area contributed by atoms with E-state index >= 15 is 0 Å². The fourth-order valence-electron chi connectivity index (χ4n) is 4.15. The monoisotopic (exact) mass is 357 g/mol. The van der Waals surface area contributed by atoms with Crippen LogP contribution in [-0.2, 0) is 11.2 Å². The molecule has 1 aromatic rings. The number of urea groups is 1. The molecule has 0 bridgehead atoms. The van der Waals surface area contributed by atoms with Crippen molar-refractivity contribution < 1.29 is 9.59 Å². The molecule has 3 amide bonds. The molecule has 26 heavy (non-hydrogen) atoms. The molecule has 5 heteroatoms. The molecule has 1 aromatic carbocycles. The first-order valence-electron chi connectivity index (χ1n) is 10.1. The lowest BCUT2D eigenvalue weighted by Crippen LogP contribution is -2.55. The van der Waals surface area contributed by atoms with Crippen molar-refractivity contribution in [3.05, 3.63) is 35.9 Å². The fourth-order valence-corrected chi connectivity index (χ4v) is 4.15. The maximum Gasteiger partial charge on any atom is 0.315 e. The third-order valence-electron chi connectivity index (χ3n) is 5.68. The summed E-state index contributed by atoms with van der Waals surface area (Å²) in [7, 11) is 0.